The van der Waals surface area contributed by atoms with Gasteiger partial charge < -0.3 is 4.42 Å². The van der Waals surface area contributed by atoms with E-state index in [1.165, 1.54) is 73.4 Å². The first kappa shape index (κ1) is 21.5. The van der Waals surface area contributed by atoms with E-state index < -0.39 is 0 Å². The molecule has 39 heavy (non-hydrogen) atoms. The molecule has 3 heteroatoms. The van der Waals surface area contributed by atoms with Gasteiger partial charge in [-0.25, -0.2) is 0 Å². The minimum absolute atomic E-state index is 0.924. The lowest BCUT2D eigenvalue weighted by Crippen LogP contribution is -1.82. The molecule has 0 atom stereocenters. The van der Waals surface area contributed by atoms with E-state index in [1.807, 2.05) is 34.8 Å². The van der Waals surface area contributed by atoms with Crippen molar-refractivity contribution in [3.63, 3.8) is 0 Å². The minimum Gasteiger partial charge on any atom is -0.464 e. The SMILES string of the molecule is c1ccc2cc3c(cc2c1)sc1c2cc4ccc(-c5ccc(-c6ccc7occc7c6)cc5)cc4cc2sc31. The van der Waals surface area contributed by atoms with Gasteiger partial charge in [-0.05, 0) is 92.3 Å². The first-order chi connectivity index (χ1) is 19.3. The van der Waals surface area contributed by atoms with Crippen molar-refractivity contribution < 1.29 is 4.42 Å². The Kier molecular flexibility index (Phi) is 4.43. The molecule has 0 aliphatic carbocycles. The van der Waals surface area contributed by atoms with E-state index in [-0.39, 0.29) is 0 Å². The fraction of sp³-hybridized carbons (Fsp3) is 0. The smallest absolute Gasteiger partial charge is 0.133 e. The summed E-state index contributed by atoms with van der Waals surface area (Å²) in [6, 6.07) is 42.3. The molecule has 0 spiro atoms. The van der Waals surface area contributed by atoms with Crippen LogP contribution in [0.3, 0.4) is 0 Å². The second kappa shape index (κ2) is 8.03. The lowest BCUT2D eigenvalue weighted by molar-refractivity contribution is 0.616. The topological polar surface area (TPSA) is 13.1 Å². The second-order valence-corrected chi connectivity index (χ2v) is 12.3. The molecule has 0 saturated heterocycles. The van der Waals surface area contributed by atoms with Gasteiger partial charge >= 0.3 is 0 Å². The quantitative estimate of drug-likeness (QED) is 0.216. The van der Waals surface area contributed by atoms with Crippen LogP contribution in [0.1, 0.15) is 0 Å². The maximum Gasteiger partial charge on any atom is 0.133 e. The molecule has 182 valence electrons. The molecule has 0 radical (unpaired) electrons. The standard InChI is InChI=1S/C36H20OS2/c1-2-4-24-19-33-30(17-23(24)3-1)35-36(38-33)31-18-27-10-9-25(16-29(27)20-34(31)39-35)21-5-7-22(8-6-21)26-11-12-32-28(15-26)13-14-37-32/h1-20H. The van der Waals surface area contributed by atoms with E-state index in [1.54, 1.807) is 6.26 Å². The van der Waals surface area contributed by atoms with Gasteiger partial charge in [0.1, 0.15) is 5.58 Å². The van der Waals surface area contributed by atoms with Crippen LogP contribution in [-0.2, 0) is 0 Å². The molecule has 0 N–H and O–H groups in total. The molecule has 0 unspecified atom stereocenters. The summed E-state index contributed by atoms with van der Waals surface area (Å²) >= 11 is 3.85. The molecular weight excluding hydrogens is 513 g/mol. The van der Waals surface area contributed by atoms with E-state index in [0.29, 0.717) is 0 Å². The molecule has 6 aromatic carbocycles. The Bertz CT molecular complexity index is 2380. The normalized spacial score (nSPS) is 12.1. The lowest BCUT2D eigenvalue weighted by atomic mass is 9.97. The summed E-state index contributed by atoms with van der Waals surface area (Å²) in [6.45, 7) is 0. The van der Waals surface area contributed by atoms with E-state index in [9.17, 15) is 0 Å². The average Bonchev–Trinajstić information content (AvgIpc) is 3.68. The first-order valence-corrected chi connectivity index (χ1v) is 14.7. The zero-order valence-corrected chi connectivity index (χ0v) is 22.4. The Morgan fingerprint density at radius 2 is 0.949 bits per heavy atom. The predicted molar refractivity (Wildman–Crippen MR) is 170 cm³/mol. The van der Waals surface area contributed by atoms with E-state index in [0.717, 1.165) is 11.0 Å². The second-order valence-electron chi connectivity index (χ2n) is 10.2. The van der Waals surface area contributed by atoms with Crippen LogP contribution in [-0.4, -0.2) is 0 Å². The van der Waals surface area contributed by atoms with Gasteiger partial charge in [0, 0.05) is 25.6 Å². The Hall–Kier alpha value is -4.44. The van der Waals surface area contributed by atoms with Crippen LogP contribution in [0, 0.1) is 0 Å². The summed E-state index contributed by atoms with van der Waals surface area (Å²) in [7, 11) is 0. The van der Waals surface area contributed by atoms with Gasteiger partial charge in [0.05, 0.1) is 15.7 Å². The highest BCUT2D eigenvalue weighted by molar-refractivity contribution is 7.36. The third kappa shape index (κ3) is 3.31. The number of hydrogen-bond donors (Lipinski definition) is 0. The molecule has 9 rings (SSSR count). The van der Waals surface area contributed by atoms with Crippen molar-refractivity contribution in [3.05, 3.63) is 122 Å². The van der Waals surface area contributed by atoms with Crippen molar-refractivity contribution in [1.29, 1.82) is 0 Å². The Balaban J connectivity index is 1.13. The summed E-state index contributed by atoms with van der Waals surface area (Å²) in [4.78, 5) is 0. The lowest BCUT2D eigenvalue weighted by Gasteiger charge is -2.07. The molecule has 0 bridgehead atoms. The molecular formula is C36H20OS2. The maximum atomic E-state index is 5.50. The minimum atomic E-state index is 0.924. The third-order valence-corrected chi connectivity index (χ3v) is 10.4. The predicted octanol–water partition coefficient (Wildman–Crippen LogP) is 11.7. The van der Waals surface area contributed by atoms with Gasteiger partial charge in [0.2, 0.25) is 0 Å². The number of rotatable bonds is 2. The van der Waals surface area contributed by atoms with Gasteiger partial charge in [-0.1, -0.05) is 66.7 Å². The largest absolute Gasteiger partial charge is 0.464 e. The van der Waals surface area contributed by atoms with Gasteiger partial charge in [-0.15, -0.1) is 22.7 Å². The summed E-state index contributed by atoms with van der Waals surface area (Å²) in [5.74, 6) is 0. The fourth-order valence-corrected chi connectivity index (χ4v) is 8.56. The molecule has 0 saturated carbocycles. The van der Waals surface area contributed by atoms with Crippen molar-refractivity contribution in [2.24, 2.45) is 0 Å². The molecule has 3 aromatic heterocycles. The van der Waals surface area contributed by atoms with E-state index in [2.05, 4.69) is 103 Å². The Morgan fingerprint density at radius 1 is 0.410 bits per heavy atom. The molecule has 3 heterocycles. The highest BCUT2D eigenvalue weighted by atomic mass is 32.1. The molecule has 9 aromatic rings. The maximum absolute atomic E-state index is 5.50. The Labute approximate surface area is 232 Å². The van der Waals surface area contributed by atoms with Crippen LogP contribution in [0.15, 0.2) is 126 Å². The summed E-state index contributed by atoms with van der Waals surface area (Å²) in [6.07, 6.45) is 1.74. The van der Waals surface area contributed by atoms with Crippen LogP contribution >= 0.6 is 22.7 Å². The zero-order valence-electron chi connectivity index (χ0n) is 20.8. The molecule has 0 amide bonds. The van der Waals surface area contributed by atoms with Crippen LogP contribution in [0.2, 0.25) is 0 Å². The number of thiophene rings is 2. The Morgan fingerprint density at radius 3 is 1.64 bits per heavy atom. The summed E-state index contributed by atoms with van der Waals surface area (Å²) in [5, 5.41) is 9.09. The van der Waals surface area contributed by atoms with Crippen molar-refractivity contribution in [2.45, 2.75) is 0 Å². The molecule has 1 nitrogen and oxygen atoms in total. The van der Waals surface area contributed by atoms with Gasteiger partial charge in [-0.3, -0.25) is 0 Å². The third-order valence-electron chi connectivity index (χ3n) is 7.91. The molecule has 0 fully saturated rings. The zero-order chi connectivity index (χ0) is 25.5. The van der Waals surface area contributed by atoms with Crippen LogP contribution in [0.4, 0.5) is 0 Å². The van der Waals surface area contributed by atoms with Gasteiger partial charge in [0.15, 0.2) is 0 Å². The first-order valence-electron chi connectivity index (χ1n) is 13.1. The van der Waals surface area contributed by atoms with Crippen molar-refractivity contribution >= 4 is 84.8 Å². The van der Waals surface area contributed by atoms with Crippen molar-refractivity contribution in [2.75, 3.05) is 0 Å². The summed E-state index contributed by atoms with van der Waals surface area (Å²) < 4.78 is 11.1. The number of hydrogen-bond acceptors (Lipinski definition) is 3. The van der Waals surface area contributed by atoms with Crippen LogP contribution in [0.25, 0.3) is 84.3 Å². The fourth-order valence-electron chi connectivity index (χ4n) is 5.87. The van der Waals surface area contributed by atoms with E-state index in [4.69, 9.17) is 4.42 Å². The van der Waals surface area contributed by atoms with Gasteiger partial charge in [0.25, 0.3) is 0 Å². The van der Waals surface area contributed by atoms with Crippen molar-refractivity contribution in [3.8, 4) is 22.3 Å². The monoisotopic (exact) mass is 532 g/mol. The number of furan rings is 1. The van der Waals surface area contributed by atoms with E-state index >= 15 is 0 Å². The molecule has 0 aliphatic heterocycles. The van der Waals surface area contributed by atoms with Crippen LogP contribution < -0.4 is 0 Å². The van der Waals surface area contributed by atoms with Crippen molar-refractivity contribution in [1.82, 2.24) is 0 Å². The van der Waals surface area contributed by atoms with Gasteiger partial charge in [-0.2, -0.15) is 0 Å². The highest BCUT2D eigenvalue weighted by Crippen LogP contribution is 2.46. The highest BCUT2D eigenvalue weighted by Gasteiger charge is 2.14. The number of fused-ring (bicyclic) bond motifs is 8. The summed E-state index contributed by atoms with van der Waals surface area (Å²) in [5.41, 5.74) is 5.81. The average molecular weight is 533 g/mol. The molecule has 0 aliphatic rings. The number of benzene rings is 6. The van der Waals surface area contributed by atoms with Crippen LogP contribution in [0.5, 0.6) is 0 Å².